The van der Waals surface area contributed by atoms with Crippen LogP contribution in [0.3, 0.4) is 0 Å². The van der Waals surface area contributed by atoms with Crippen molar-refractivity contribution < 1.29 is 9.50 Å². The lowest BCUT2D eigenvalue weighted by Crippen LogP contribution is -2.28. The van der Waals surface area contributed by atoms with Gasteiger partial charge >= 0.3 is 0 Å². The van der Waals surface area contributed by atoms with Crippen molar-refractivity contribution in [1.29, 1.82) is 0 Å². The van der Waals surface area contributed by atoms with Crippen molar-refractivity contribution in [2.45, 2.75) is 26.0 Å². The number of likely N-dealkylation sites (N-methyl/N-ethyl adjacent to an activating group) is 1. The highest BCUT2D eigenvalue weighted by Gasteiger charge is 2.08. The molecule has 1 unspecified atom stereocenters. The molecule has 84 valence electrons. The van der Waals surface area contributed by atoms with Crippen LogP contribution in [0.4, 0.5) is 4.39 Å². The molecule has 0 aromatic heterocycles. The maximum Gasteiger partial charge on any atom is 0.127 e. The van der Waals surface area contributed by atoms with E-state index in [1.807, 2.05) is 24.9 Å². The normalized spacial score (nSPS) is 13.1. The molecule has 0 radical (unpaired) electrons. The average Bonchev–Trinajstić information content (AvgIpc) is 2.21. The topological polar surface area (TPSA) is 23.5 Å². The SMILES string of the molecule is CCC(O)CN(C)Cc1ccccc1F. The molecular weight excluding hydrogens is 193 g/mol. The van der Waals surface area contributed by atoms with E-state index in [4.69, 9.17) is 0 Å². The predicted molar refractivity (Wildman–Crippen MR) is 59.0 cm³/mol. The summed E-state index contributed by atoms with van der Waals surface area (Å²) in [7, 11) is 1.88. The number of aliphatic hydroxyl groups excluding tert-OH is 1. The van der Waals surface area contributed by atoms with E-state index in [1.54, 1.807) is 12.1 Å². The summed E-state index contributed by atoms with van der Waals surface area (Å²) in [4.78, 5) is 1.92. The zero-order valence-corrected chi connectivity index (χ0v) is 9.28. The molecule has 0 bridgehead atoms. The number of halogens is 1. The first-order valence-electron chi connectivity index (χ1n) is 5.23. The highest BCUT2D eigenvalue weighted by molar-refractivity contribution is 5.16. The molecule has 0 aliphatic rings. The Morgan fingerprint density at radius 3 is 2.67 bits per heavy atom. The minimum Gasteiger partial charge on any atom is -0.392 e. The Morgan fingerprint density at radius 2 is 2.07 bits per heavy atom. The van der Waals surface area contributed by atoms with Crippen molar-refractivity contribution in [3.05, 3.63) is 35.6 Å². The fourth-order valence-electron chi connectivity index (χ4n) is 1.47. The molecule has 0 aliphatic carbocycles. The average molecular weight is 211 g/mol. The highest BCUT2D eigenvalue weighted by Crippen LogP contribution is 2.09. The molecule has 0 amide bonds. The van der Waals surface area contributed by atoms with Crippen molar-refractivity contribution in [3.8, 4) is 0 Å². The number of nitrogens with zero attached hydrogens (tertiary/aromatic N) is 1. The van der Waals surface area contributed by atoms with Gasteiger partial charge in [0.05, 0.1) is 6.10 Å². The minimum atomic E-state index is -0.332. The zero-order chi connectivity index (χ0) is 11.3. The van der Waals surface area contributed by atoms with Gasteiger partial charge in [-0.1, -0.05) is 25.1 Å². The van der Waals surface area contributed by atoms with Gasteiger partial charge < -0.3 is 5.11 Å². The van der Waals surface area contributed by atoms with Gasteiger partial charge in [-0.2, -0.15) is 0 Å². The number of rotatable bonds is 5. The van der Waals surface area contributed by atoms with Gasteiger partial charge in [-0.15, -0.1) is 0 Å². The largest absolute Gasteiger partial charge is 0.392 e. The van der Waals surface area contributed by atoms with Crippen molar-refractivity contribution >= 4 is 0 Å². The van der Waals surface area contributed by atoms with Crippen LogP contribution in [-0.4, -0.2) is 29.7 Å². The standard InChI is InChI=1S/C12H18FNO/c1-3-11(15)9-14(2)8-10-6-4-5-7-12(10)13/h4-7,11,15H,3,8-9H2,1-2H3. The Morgan fingerprint density at radius 1 is 1.40 bits per heavy atom. The Kier molecular flexibility index (Phi) is 4.72. The second-order valence-corrected chi connectivity index (χ2v) is 3.85. The van der Waals surface area contributed by atoms with Gasteiger partial charge in [0.25, 0.3) is 0 Å². The molecule has 0 fully saturated rings. The lowest BCUT2D eigenvalue weighted by Gasteiger charge is -2.19. The summed E-state index contributed by atoms with van der Waals surface area (Å²) >= 11 is 0. The summed E-state index contributed by atoms with van der Waals surface area (Å²) in [5, 5.41) is 9.44. The number of hydrogen-bond donors (Lipinski definition) is 1. The van der Waals surface area contributed by atoms with Crippen molar-refractivity contribution in [2.75, 3.05) is 13.6 Å². The fraction of sp³-hybridized carbons (Fsp3) is 0.500. The molecule has 0 heterocycles. The molecule has 0 saturated heterocycles. The second-order valence-electron chi connectivity index (χ2n) is 3.85. The maximum absolute atomic E-state index is 13.3. The Labute approximate surface area is 90.3 Å². The number of benzene rings is 1. The van der Waals surface area contributed by atoms with Gasteiger partial charge in [0.2, 0.25) is 0 Å². The third-order valence-corrected chi connectivity index (χ3v) is 2.39. The second kappa shape index (κ2) is 5.83. The predicted octanol–water partition coefficient (Wildman–Crippen LogP) is 2.03. The first-order valence-corrected chi connectivity index (χ1v) is 5.23. The molecule has 3 heteroatoms. The van der Waals surface area contributed by atoms with E-state index in [-0.39, 0.29) is 11.9 Å². The lowest BCUT2D eigenvalue weighted by molar-refractivity contribution is 0.119. The van der Waals surface area contributed by atoms with Gasteiger partial charge in [-0.05, 0) is 19.5 Å². The van der Waals surface area contributed by atoms with Gasteiger partial charge in [0, 0.05) is 18.7 Å². The third-order valence-electron chi connectivity index (χ3n) is 2.39. The van der Waals surface area contributed by atoms with Gasteiger partial charge in [-0.3, -0.25) is 4.90 Å². The van der Waals surface area contributed by atoms with Crippen LogP contribution in [-0.2, 0) is 6.54 Å². The van der Waals surface area contributed by atoms with Gasteiger partial charge in [-0.25, -0.2) is 4.39 Å². The van der Waals surface area contributed by atoms with Crippen LogP contribution in [0.25, 0.3) is 0 Å². The van der Waals surface area contributed by atoms with Crippen LogP contribution >= 0.6 is 0 Å². The van der Waals surface area contributed by atoms with E-state index in [2.05, 4.69) is 0 Å². The zero-order valence-electron chi connectivity index (χ0n) is 9.28. The molecule has 1 aromatic rings. The summed E-state index contributed by atoms with van der Waals surface area (Å²) in [5.41, 5.74) is 0.670. The van der Waals surface area contributed by atoms with Crippen molar-refractivity contribution in [3.63, 3.8) is 0 Å². The molecule has 1 aromatic carbocycles. The molecule has 0 spiro atoms. The molecule has 0 saturated carbocycles. The van der Waals surface area contributed by atoms with E-state index < -0.39 is 0 Å². The van der Waals surface area contributed by atoms with Crippen LogP contribution in [0.2, 0.25) is 0 Å². The Balaban J connectivity index is 2.51. The molecular formula is C12H18FNO. The molecule has 1 rings (SSSR count). The smallest absolute Gasteiger partial charge is 0.127 e. The summed E-state index contributed by atoms with van der Waals surface area (Å²) in [6.07, 6.45) is 0.392. The maximum atomic E-state index is 13.3. The van der Waals surface area contributed by atoms with E-state index in [0.717, 1.165) is 6.42 Å². The number of aliphatic hydroxyl groups is 1. The van der Waals surface area contributed by atoms with E-state index >= 15 is 0 Å². The fourth-order valence-corrected chi connectivity index (χ4v) is 1.47. The van der Waals surface area contributed by atoms with Crippen LogP contribution in [0, 0.1) is 5.82 Å². The molecule has 1 atom stereocenters. The molecule has 1 N–H and O–H groups in total. The lowest BCUT2D eigenvalue weighted by atomic mass is 10.2. The van der Waals surface area contributed by atoms with Crippen molar-refractivity contribution in [1.82, 2.24) is 4.90 Å². The molecule has 2 nitrogen and oxygen atoms in total. The van der Waals surface area contributed by atoms with Crippen LogP contribution in [0.15, 0.2) is 24.3 Å². The summed E-state index contributed by atoms with van der Waals surface area (Å²) in [6.45, 7) is 3.04. The highest BCUT2D eigenvalue weighted by atomic mass is 19.1. The summed E-state index contributed by atoms with van der Waals surface area (Å²) in [6, 6.07) is 6.73. The van der Waals surface area contributed by atoms with Crippen molar-refractivity contribution in [2.24, 2.45) is 0 Å². The molecule has 0 aliphatic heterocycles. The molecule has 15 heavy (non-hydrogen) atoms. The summed E-state index contributed by atoms with van der Waals surface area (Å²) < 4.78 is 13.3. The first kappa shape index (κ1) is 12.1. The Hall–Kier alpha value is -0.930. The van der Waals surface area contributed by atoms with E-state index in [1.165, 1.54) is 6.07 Å². The van der Waals surface area contributed by atoms with Crippen LogP contribution < -0.4 is 0 Å². The minimum absolute atomic E-state index is 0.185. The van der Waals surface area contributed by atoms with Crippen LogP contribution in [0.5, 0.6) is 0 Å². The number of hydrogen-bond acceptors (Lipinski definition) is 2. The third kappa shape index (κ3) is 3.98. The van der Waals surface area contributed by atoms with Gasteiger partial charge in [0.1, 0.15) is 5.82 Å². The first-order chi connectivity index (χ1) is 7.13. The summed E-state index contributed by atoms with van der Waals surface area (Å²) in [5.74, 6) is -0.185. The monoisotopic (exact) mass is 211 g/mol. The quantitative estimate of drug-likeness (QED) is 0.805. The van der Waals surface area contributed by atoms with E-state index in [0.29, 0.717) is 18.7 Å². The van der Waals surface area contributed by atoms with Gasteiger partial charge in [0.15, 0.2) is 0 Å². The van der Waals surface area contributed by atoms with Crippen LogP contribution in [0.1, 0.15) is 18.9 Å². The Bertz CT molecular complexity index is 303. The van der Waals surface area contributed by atoms with E-state index in [9.17, 15) is 9.50 Å².